The summed E-state index contributed by atoms with van der Waals surface area (Å²) in [5.74, 6) is 1.61. The summed E-state index contributed by atoms with van der Waals surface area (Å²) < 4.78 is 0. The van der Waals surface area contributed by atoms with Crippen LogP contribution in [0.3, 0.4) is 0 Å². The van der Waals surface area contributed by atoms with Gasteiger partial charge in [-0.3, -0.25) is 4.98 Å². The number of nitrogens with one attached hydrogen (secondary N) is 2. The predicted molar refractivity (Wildman–Crippen MR) is 66.8 cm³/mol. The monoisotopic (exact) mass is 228 g/mol. The van der Waals surface area contributed by atoms with Crippen molar-refractivity contribution in [1.82, 2.24) is 20.3 Å². The van der Waals surface area contributed by atoms with E-state index in [0.29, 0.717) is 5.92 Å². The van der Waals surface area contributed by atoms with Crippen molar-refractivity contribution in [3.63, 3.8) is 0 Å². The summed E-state index contributed by atoms with van der Waals surface area (Å²) in [6, 6.07) is 5.92. The molecule has 2 aromatic rings. The van der Waals surface area contributed by atoms with Crippen LogP contribution in [0.15, 0.2) is 24.4 Å². The summed E-state index contributed by atoms with van der Waals surface area (Å²) in [6.45, 7) is 4.17. The van der Waals surface area contributed by atoms with Crippen LogP contribution in [0.1, 0.15) is 23.9 Å². The molecule has 1 aliphatic heterocycles. The largest absolute Gasteiger partial charge is 0.345 e. The van der Waals surface area contributed by atoms with E-state index in [0.717, 1.165) is 42.4 Å². The molecular formula is C13H16N4. The molecule has 88 valence electrons. The highest BCUT2D eigenvalue weighted by molar-refractivity contribution is 5.57. The highest BCUT2D eigenvalue weighted by Gasteiger charge is 2.21. The maximum atomic E-state index is 4.70. The molecule has 1 aliphatic rings. The highest BCUT2D eigenvalue weighted by Crippen LogP contribution is 2.25. The number of aryl methyl sites for hydroxylation is 1. The average Bonchev–Trinajstić information content (AvgIpc) is 2.99. The Kier molecular flexibility index (Phi) is 2.65. The quantitative estimate of drug-likeness (QED) is 0.825. The van der Waals surface area contributed by atoms with E-state index in [-0.39, 0.29) is 0 Å². The zero-order valence-corrected chi connectivity index (χ0v) is 9.90. The minimum atomic E-state index is 0.520. The number of nitrogens with zero attached hydrogens (tertiary/aromatic N) is 2. The first-order valence-corrected chi connectivity index (χ1v) is 6.03. The molecule has 0 bridgehead atoms. The van der Waals surface area contributed by atoms with Crippen molar-refractivity contribution in [2.24, 2.45) is 0 Å². The van der Waals surface area contributed by atoms with Gasteiger partial charge >= 0.3 is 0 Å². The summed E-state index contributed by atoms with van der Waals surface area (Å²) in [4.78, 5) is 12.4. The lowest BCUT2D eigenvalue weighted by molar-refractivity contribution is 0.713. The van der Waals surface area contributed by atoms with Crippen LogP contribution in [0.25, 0.3) is 11.4 Å². The average molecular weight is 228 g/mol. The summed E-state index contributed by atoms with van der Waals surface area (Å²) in [7, 11) is 0. The molecule has 0 aromatic carbocycles. The third kappa shape index (κ3) is 1.96. The number of hydrogen-bond donors (Lipinski definition) is 2. The Labute approximate surface area is 101 Å². The second-order valence-electron chi connectivity index (χ2n) is 4.50. The van der Waals surface area contributed by atoms with E-state index < -0.39 is 0 Å². The van der Waals surface area contributed by atoms with Crippen LogP contribution in [0.5, 0.6) is 0 Å². The molecule has 1 unspecified atom stereocenters. The molecule has 0 spiro atoms. The smallest absolute Gasteiger partial charge is 0.111 e. The van der Waals surface area contributed by atoms with Gasteiger partial charge in [-0.25, -0.2) is 4.98 Å². The van der Waals surface area contributed by atoms with Crippen LogP contribution in [0, 0.1) is 6.92 Å². The third-order valence-electron chi connectivity index (χ3n) is 3.26. The number of pyridine rings is 1. The van der Waals surface area contributed by atoms with Gasteiger partial charge in [-0.15, -0.1) is 0 Å². The van der Waals surface area contributed by atoms with Crippen LogP contribution < -0.4 is 5.32 Å². The lowest BCUT2D eigenvalue weighted by atomic mass is 10.1. The normalized spacial score (nSPS) is 19.7. The van der Waals surface area contributed by atoms with Crippen molar-refractivity contribution in [2.75, 3.05) is 13.1 Å². The van der Waals surface area contributed by atoms with Crippen LogP contribution in [-0.4, -0.2) is 28.0 Å². The van der Waals surface area contributed by atoms with Crippen molar-refractivity contribution in [2.45, 2.75) is 19.3 Å². The van der Waals surface area contributed by atoms with Gasteiger partial charge in [-0.2, -0.15) is 0 Å². The molecule has 2 N–H and O–H groups in total. The van der Waals surface area contributed by atoms with Gasteiger partial charge in [0.1, 0.15) is 11.5 Å². The van der Waals surface area contributed by atoms with E-state index >= 15 is 0 Å². The van der Waals surface area contributed by atoms with Gasteiger partial charge in [0.2, 0.25) is 0 Å². The number of aromatic nitrogens is 3. The molecule has 0 saturated carbocycles. The van der Waals surface area contributed by atoms with Gasteiger partial charge in [0.25, 0.3) is 0 Å². The molecule has 4 nitrogen and oxygen atoms in total. The fourth-order valence-electron chi connectivity index (χ4n) is 2.32. The van der Waals surface area contributed by atoms with Gasteiger partial charge in [-0.1, -0.05) is 6.07 Å². The molecule has 4 heteroatoms. The number of imidazole rings is 1. The lowest BCUT2D eigenvalue weighted by Crippen LogP contribution is -2.08. The van der Waals surface area contributed by atoms with E-state index in [2.05, 4.69) is 22.2 Å². The van der Waals surface area contributed by atoms with E-state index in [4.69, 9.17) is 4.98 Å². The van der Waals surface area contributed by atoms with Gasteiger partial charge in [0.05, 0.1) is 5.69 Å². The summed E-state index contributed by atoms with van der Waals surface area (Å²) in [5, 5.41) is 3.36. The minimum Gasteiger partial charge on any atom is -0.345 e. The maximum absolute atomic E-state index is 4.70. The number of hydrogen-bond acceptors (Lipinski definition) is 3. The Morgan fingerprint density at radius 1 is 1.35 bits per heavy atom. The molecule has 0 radical (unpaired) electrons. The summed E-state index contributed by atoms with van der Waals surface area (Å²) in [6.07, 6.45) is 2.97. The van der Waals surface area contributed by atoms with E-state index in [9.17, 15) is 0 Å². The van der Waals surface area contributed by atoms with Gasteiger partial charge in [0, 0.05) is 24.4 Å². The molecule has 2 aromatic heterocycles. The van der Waals surface area contributed by atoms with Gasteiger partial charge in [-0.05, 0) is 32.0 Å². The van der Waals surface area contributed by atoms with Crippen LogP contribution in [0.4, 0.5) is 0 Å². The Morgan fingerprint density at radius 2 is 2.29 bits per heavy atom. The fraction of sp³-hybridized carbons (Fsp3) is 0.385. The molecule has 0 amide bonds. The Bertz CT molecular complexity index is 497. The van der Waals surface area contributed by atoms with Crippen LogP contribution in [-0.2, 0) is 0 Å². The van der Waals surface area contributed by atoms with Gasteiger partial charge in [0.15, 0.2) is 0 Å². The van der Waals surface area contributed by atoms with E-state index in [1.807, 2.05) is 18.2 Å². The lowest BCUT2D eigenvalue weighted by Gasteiger charge is -2.02. The summed E-state index contributed by atoms with van der Waals surface area (Å²) >= 11 is 0. The fourth-order valence-corrected chi connectivity index (χ4v) is 2.32. The molecule has 17 heavy (non-hydrogen) atoms. The standard InChI is InChI=1S/C13H16N4/c1-9-12(11-4-2-3-6-15-11)17-13(16-9)10-5-7-14-8-10/h2-4,6,10,14H,5,7-8H2,1H3,(H,16,17). The SMILES string of the molecule is Cc1[nH]c(C2CCNC2)nc1-c1ccccn1. The Morgan fingerprint density at radius 3 is 3.00 bits per heavy atom. The first kappa shape index (κ1) is 10.5. The summed E-state index contributed by atoms with van der Waals surface area (Å²) in [5.41, 5.74) is 3.02. The third-order valence-corrected chi connectivity index (χ3v) is 3.26. The van der Waals surface area contributed by atoms with Crippen LogP contribution in [0.2, 0.25) is 0 Å². The topological polar surface area (TPSA) is 53.6 Å². The Hall–Kier alpha value is -1.68. The molecule has 1 saturated heterocycles. The minimum absolute atomic E-state index is 0.520. The van der Waals surface area contributed by atoms with Crippen molar-refractivity contribution >= 4 is 0 Å². The second-order valence-corrected chi connectivity index (χ2v) is 4.50. The number of aromatic amines is 1. The number of rotatable bonds is 2. The zero-order valence-electron chi connectivity index (χ0n) is 9.90. The predicted octanol–water partition coefficient (Wildman–Crippen LogP) is 1.86. The molecule has 3 rings (SSSR count). The van der Waals surface area contributed by atoms with E-state index in [1.54, 1.807) is 6.20 Å². The second kappa shape index (κ2) is 4.30. The Balaban J connectivity index is 1.96. The van der Waals surface area contributed by atoms with Gasteiger partial charge < -0.3 is 10.3 Å². The van der Waals surface area contributed by atoms with Crippen molar-refractivity contribution in [3.05, 3.63) is 35.9 Å². The van der Waals surface area contributed by atoms with Crippen LogP contribution >= 0.6 is 0 Å². The molecular weight excluding hydrogens is 212 g/mol. The van der Waals surface area contributed by atoms with Crippen molar-refractivity contribution in [1.29, 1.82) is 0 Å². The molecule has 1 atom stereocenters. The zero-order chi connectivity index (χ0) is 11.7. The molecule has 3 heterocycles. The van der Waals surface area contributed by atoms with Crippen molar-refractivity contribution in [3.8, 4) is 11.4 Å². The molecule has 0 aliphatic carbocycles. The first-order valence-electron chi connectivity index (χ1n) is 6.03. The van der Waals surface area contributed by atoms with E-state index in [1.165, 1.54) is 0 Å². The number of H-pyrrole nitrogens is 1. The van der Waals surface area contributed by atoms with Crippen molar-refractivity contribution < 1.29 is 0 Å². The first-order chi connectivity index (χ1) is 8.34. The molecule has 1 fully saturated rings. The maximum Gasteiger partial charge on any atom is 0.111 e. The highest BCUT2D eigenvalue weighted by atomic mass is 15.0.